The van der Waals surface area contributed by atoms with Crippen LogP contribution in [0.1, 0.15) is 27.7 Å². The van der Waals surface area contributed by atoms with Gasteiger partial charge in [0.1, 0.15) is 11.8 Å². The number of nitrogens with zero attached hydrogens (tertiary/aromatic N) is 4. The second-order valence-corrected chi connectivity index (χ2v) is 9.49. The molecule has 0 saturated carbocycles. The molecule has 1 aliphatic carbocycles. The second-order valence-electron chi connectivity index (χ2n) is 8.40. The number of anilines is 2. The van der Waals surface area contributed by atoms with Gasteiger partial charge in [-0.25, -0.2) is 0 Å². The first-order valence-electron chi connectivity index (χ1n) is 12.0. The molecule has 1 aromatic carbocycles. The van der Waals surface area contributed by atoms with Gasteiger partial charge in [0, 0.05) is 46.0 Å². The maximum atomic E-state index is 3.58. The summed E-state index contributed by atoms with van der Waals surface area (Å²) in [6.07, 6.45) is 7.88. The normalized spacial score (nSPS) is 14.2. The van der Waals surface area contributed by atoms with E-state index in [1.165, 1.54) is 26.9 Å². The van der Waals surface area contributed by atoms with Crippen LogP contribution in [0.2, 0.25) is 0 Å². The third kappa shape index (κ3) is 7.24. The van der Waals surface area contributed by atoms with Gasteiger partial charge in [-0.1, -0.05) is 27.7 Å². The van der Waals surface area contributed by atoms with E-state index in [2.05, 4.69) is 103 Å². The number of thioether (sulfide) groups is 1. The smallest absolute Gasteiger partial charge is 0.222 e. The molecule has 0 bridgehead atoms. The number of fused-ring (bicyclic) bond motifs is 2. The van der Waals surface area contributed by atoms with Crippen LogP contribution in [0.3, 0.4) is 0 Å². The predicted molar refractivity (Wildman–Crippen MR) is 140 cm³/mol. The van der Waals surface area contributed by atoms with Crippen LogP contribution in [0.5, 0.6) is 0 Å². The highest BCUT2D eigenvalue weighted by molar-refractivity contribution is 8.03. The first kappa shape index (κ1) is 27.7. The van der Waals surface area contributed by atoms with Crippen LogP contribution in [0.15, 0.2) is 51.5 Å². The molecule has 1 heterocycles. The van der Waals surface area contributed by atoms with Crippen molar-refractivity contribution in [1.29, 1.82) is 0 Å². The van der Waals surface area contributed by atoms with Crippen molar-refractivity contribution in [2.24, 2.45) is 0 Å². The highest BCUT2D eigenvalue weighted by atomic mass is 79.9. The zero-order valence-corrected chi connectivity index (χ0v) is 23.5. The summed E-state index contributed by atoms with van der Waals surface area (Å²) >= 11 is 1.84. The van der Waals surface area contributed by atoms with Crippen molar-refractivity contribution in [1.82, 2.24) is 14.7 Å². The summed E-state index contributed by atoms with van der Waals surface area (Å²) in [5.41, 5.74) is 4.74. The van der Waals surface area contributed by atoms with Crippen LogP contribution in [0.4, 0.5) is 11.4 Å². The van der Waals surface area contributed by atoms with Gasteiger partial charge in [-0.15, -0.1) is 0 Å². The molecular weight excluding hydrogens is 494 g/mol. The molecule has 33 heavy (non-hydrogen) atoms. The summed E-state index contributed by atoms with van der Waals surface area (Å²) in [6.45, 7) is 17.5. The fourth-order valence-corrected chi connectivity index (χ4v) is 5.01. The number of likely N-dealkylation sites (N-methyl/N-ethyl adjacent to an activating group) is 4. The molecule has 0 spiro atoms. The Morgan fingerprint density at radius 3 is 2.06 bits per heavy atom. The van der Waals surface area contributed by atoms with E-state index in [0.29, 0.717) is 0 Å². The van der Waals surface area contributed by atoms with Crippen LogP contribution in [0, 0.1) is 6.08 Å². The molecule has 0 amide bonds. The first-order valence-corrected chi connectivity index (χ1v) is 12.8. The number of hydrogen-bond donors (Lipinski definition) is 1. The van der Waals surface area contributed by atoms with Crippen molar-refractivity contribution in [2.45, 2.75) is 32.6 Å². The van der Waals surface area contributed by atoms with Crippen LogP contribution in [-0.2, 0) is 0 Å². The monoisotopic (exact) mass is 533 g/mol. The van der Waals surface area contributed by atoms with Crippen LogP contribution >= 0.6 is 11.8 Å². The van der Waals surface area contributed by atoms with E-state index in [1.807, 2.05) is 11.8 Å². The second kappa shape index (κ2) is 13.4. The molecule has 1 N–H and O–H groups in total. The largest absolute Gasteiger partial charge is 1.00 e. The molecule has 0 saturated heterocycles. The van der Waals surface area contributed by atoms with Crippen molar-refractivity contribution < 1.29 is 17.0 Å². The fraction of sp³-hybridized carbons (Fsp3) is 0.538. The Hall–Kier alpha value is -1.50. The van der Waals surface area contributed by atoms with Gasteiger partial charge in [0.2, 0.25) is 5.70 Å². The maximum Gasteiger partial charge on any atom is 0.222 e. The van der Waals surface area contributed by atoms with Gasteiger partial charge in [0.25, 0.3) is 0 Å². The van der Waals surface area contributed by atoms with Gasteiger partial charge in [0.15, 0.2) is 4.91 Å². The molecule has 2 aliphatic rings. The lowest BCUT2D eigenvalue weighted by Gasteiger charge is -2.26. The predicted octanol–water partition coefficient (Wildman–Crippen LogP) is 1.73. The molecule has 182 valence electrons. The Labute approximate surface area is 216 Å². The van der Waals surface area contributed by atoms with Gasteiger partial charge in [-0.3, -0.25) is 0 Å². The Morgan fingerprint density at radius 1 is 0.848 bits per heavy atom. The molecule has 0 unspecified atom stereocenters. The van der Waals surface area contributed by atoms with Gasteiger partial charge < -0.3 is 41.9 Å². The van der Waals surface area contributed by atoms with Crippen LogP contribution in [-0.4, -0.2) is 81.2 Å². The minimum Gasteiger partial charge on any atom is -1.00 e. The number of nitrogens with one attached hydrogen (secondary N) is 1. The molecular formula is C26H40BrN5S. The minimum atomic E-state index is 0. The van der Waals surface area contributed by atoms with E-state index in [-0.39, 0.29) is 17.0 Å². The number of halogens is 1. The van der Waals surface area contributed by atoms with Gasteiger partial charge >= 0.3 is 0 Å². The summed E-state index contributed by atoms with van der Waals surface area (Å²) in [5.74, 6) is 0. The molecule has 0 atom stereocenters. The number of benzene rings is 1. The quantitative estimate of drug-likeness (QED) is 0.411. The Balaban J connectivity index is 0.00000385. The Bertz CT molecular complexity index is 858. The third-order valence-corrected chi connectivity index (χ3v) is 7.61. The average Bonchev–Trinajstić information content (AvgIpc) is 2.82. The molecule has 1 aliphatic heterocycles. The molecule has 7 heteroatoms. The number of rotatable bonds is 12. The lowest BCUT2D eigenvalue weighted by Crippen LogP contribution is -3.00. The van der Waals surface area contributed by atoms with Gasteiger partial charge in [0.05, 0.1) is 22.7 Å². The van der Waals surface area contributed by atoms with Crippen LogP contribution < -0.4 is 27.2 Å². The van der Waals surface area contributed by atoms with Crippen molar-refractivity contribution >= 4 is 23.1 Å². The van der Waals surface area contributed by atoms with Crippen LogP contribution in [0.25, 0.3) is 0 Å². The van der Waals surface area contributed by atoms with Crippen molar-refractivity contribution in [3.8, 4) is 0 Å². The zero-order valence-electron chi connectivity index (χ0n) is 21.1. The van der Waals surface area contributed by atoms with Crippen molar-refractivity contribution in [2.75, 3.05) is 76.7 Å². The van der Waals surface area contributed by atoms with Gasteiger partial charge in [-0.2, -0.15) is 0 Å². The highest BCUT2D eigenvalue weighted by Gasteiger charge is 2.29. The van der Waals surface area contributed by atoms with E-state index in [9.17, 15) is 0 Å². The third-order valence-electron chi connectivity index (χ3n) is 6.51. The summed E-state index contributed by atoms with van der Waals surface area (Å²) in [5, 5.41) is 3.58. The van der Waals surface area contributed by atoms with E-state index >= 15 is 0 Å². The fourth-order valence-electron chi connectivity index (χ4n) is 3.97. The van der Waals surface area contributed by atoms with E-state index in [1.54, 1.807) is 0 Å². The van der Waals surface area contributed by atoms with Crippen molar-refractivity contribution in [3.05, 3.63) is 52.7 Å². The molecule has 0 radical (unpaired) electrons. The molecule has 3 rings (SSSR count). The topological polar surface area (TPSA) is 25.0 Å². The number of allylic oxidation sites excluding steroid dienone is 3. The highest BCUT2D eigenvalue weighted by Crippen LogP contribution is 2.45. The SMILES string of the molecule is CCN(CC)CCN(C)C1=C[C+]=C2Nc3ccc(N(C)CCN(CC)CC)cc3SC2=C1.[Br-]. The minimum absolute atomic E-state index is 0. The molecule has 5 nitrogen and oxygen atoms in total. The summed E-state index contributed by atoms with van der Waals surface area (Å²) in [7, 11) is 4.37. The number of hydrogen-bond acceptors (Lipinski definition) is 6. The summed E-state index contributed by atoms with van der Waals surface area (Å²) < 4.78 is 0. The van der Waals surface area contributed by atoms with E-state index < -0.39 is 0 Å². The molecule has 0 fully saturated rings. The maximum absolute atomic E-state index is 3.58. The van der Waals surface area contributed by atoms with E-state index in [4.69, 9.17) is 0 Å². The Kier molecular flexibility index (Phi) is 11.3. The van der Waals surface area contributed by atoms with E-state index in [0.717, 1.165) is 58.1 Å². The lowest BCUT2D eigenvalue weighted by molar-refractivity contribution is -0.00000674. The zero-order chi connectivity index (χ0) is 23.1. The molecule has 1 aromatic rings. The van der Waals surface area contributed by atoms with Gasteiger partial charge in [-0.05, 0) is 56.1 Å². The standard InChI is InChI=1S/C26H40N5S.BrH/c1-7-30(8-2)17-15-28(5)21-11-13-23-25(19-21)32-26-20-22(12-14-24(26)27-23)29(6)16-18-31(9-3)10-4;/h11-13,19-20,27H,7-10,15-18H2,1-6H3;1H/q+1;/p-1. The van der Waals surface area contributed by atoms with Crippen molar-refractivity contribution in [3.63, 3.8) is 0 Å². The Morgan fingerprint density at radius 2 is 1.45 bits per heavy atom. The summed E-state index contributed by atoms with van der Waals surface area (Å²) in [6, 6.07) is 6.73. The first-order chi connectivity index (χ1) is 15.5. The lowest BCUT2D eigenvalue weighted by atomic mass is 10.1. The average molecular weight is 535 g/mol. The summed E-state index contributed by atoms with van der Waals surface area (Å²) in [4.78, 5) is 12.1. The molecule has 0 aromatic heterocycles.